The van der Waals surface area contributed by atoms with Crippen LogP contribution >= 0.6 is 11.6 Å². The van der Waals surface area contributed by atoms with Crippen molar-refractivity contribution in [1.29, 1.82) is 5.26 Å². The average Bonchev–Trinajstić information content (AvgIpc) is 2.14. The quantitative estimate of drug-likeness (QED) is 0.727. The number of nitriles is 1. The number of hydrogen-bond acceptors (Lipinski definition) is 2. The van der Waals surface area contributed by atoms with Gasteiger partial charge in [-0.2, -0.15) is 5.26 Å². The zero-order valence-electron chi connectivity index (χ0n) is 7.60. The van der Waals surface area contributed by atoms with Gasteiger partial charge in [0.15, 0.2) is 0 Å². The second kappa shape index (κ2) is 4.15. The molecule has 1 aromatic rings. The Kier molecular flexibility index (Phi) is 3.16. The van der Waals surface area contributed by atoms with Crippen LogP contribution in [0, 0.1) is 18.3 Å². The molecular formula is C10H10ClNO. The minimum atomic E-state index is 0.281. The first-order chi connectivity index (χ1) is 6.20. The highest BCUT2D eigenvalue weighted by Gasteiger charge is 2.09. The highest BCUT2D eigenvalue weighted by atomic mass is 35.5. The van der Waals surface area contributed by atoms with Crippen LogP contribution in [0.4, 0.5) is 0 Å². The van der Waals surface area contributed by atoms with E-state index in [0.717, 1.165) is 11.1 Å². The largest absolute Gasteiger partial charge is 0.496 e. The van der Waals surface area contributed by atoms with Gasteiger partial charge in [-0.25, -0.2) is 0 Å². The number of rotatable bonds is 2. The molecule has 0 aliphatic rings. The van der Waals surface area contributed by atoms with E-state index in [0.29, 0.717) is 10.8 Å². The predicted octanol–water partition coefficient (Wildman–Crippen LogP) is 2.72. The minimum Gasteiger partial charge on any atom is -0.496 e. The molecule has 0 heterocycles. The molecule has 0 amide bonds. The number of benzene rings is 1. The highest BCUT2D eigenvalue weighted by molar-refractivity contribution is 6.32. The molecule has 1 rings (SSSR count). The fourth-order valence-corrected chi connectivity index (χ4v) is 1.38. The van der Waals surface area contributed by atoms with Crippen LogP contribution in [0.2, 0.25) is 5.02 Å². The second-order valence-electron chi connectivity index (χ2n) is 2.71. The lowest BCUT2D eigenvalue weighted by atomic mass is 10.1. The van der Waals surface area contributed by atoms with Gasteiger partial charge in [0.05, 0.1) is 24.6 Å². The Morgan fingerprint density at radius 3 is 2.77 bits per heavy atom. The molecule has 0 fully saturated rings. The molecule has 0 unspecified atom stereocenters. The third-order valence-corrected chi connectivity index (χ3v) is 2.40. The van der Waals surface area contributed by atoms with Crippen LogP contribution in [0.3, 0.4) is 0 Å². The van der Waals surface area contributed by atoms with E-state index in [1.165, 1.54) is 0 Å². The van der Waals surface area contributed by atoms with Crippen molar-refractivity contribution >= 4 is 11.6 Å². The number of methoxy groups -OCH3 is 1. The molecule has 0 saturated heterocycles. The summed E-state index contributed by atoms with van der Waals surface area (Å²) in [6.45, 7) is 1.91. The van der Waals surface area contributed by atoms with E-state index in [1.807, 2.05) is 19.1 Å². The van der Waals surface area contributed by atoms with Crippen molar-refractivity contribution in [2.45, 2.75) is 13.3 Å². The summed E-state index contributed by atoms with van der Waals surface area (Å²) in [5.41, 5.74) is 1.74. The smallest absolute Gasteiger partial charge is 0.124 e. The van der Waals surface area contributed by atoms with Crippen LogP contribution in [0.5, 0.6) is 5.75 Å². The summed E-state index contributed by atoms with van der Waals surface area (Å²) in [6.07, 6.45) is 0.281. The van der Waals surface area contributed by atoms with Crippen molar-refractivity contribution in [3.8, 4) is 11.8 Å². The van der Waals surface area contributed by atoms with Gasteiger partial charge in [0.1, 0.15) is 5.75 Å². The van der Waals surface area contributed by atoms with Gasteiger partial charge in [-0.15, -0.1) is 0 Å². The van der Waals surface area contributed by atoms with Crippen LogP contribution in [-0.4, -0.2) is 7.11 Å². The molecule has 1 aromatic carbocycles. The molecule has 0 saturated carbocycles. The number of nitrogens with zero attached hydrogens (tertiary/aromatic N) is 1. The Bertz CT molecular complexity index is 355. The van der Waals surface area contributed by atoms with Crippen molar-refractivity contribution in [3.63, 3.8) is 0 Å². The van der Waals surface area contributed by atoms with E-state index >= 15 is 0 Å². The topological polar surface area (TPSA) is 33.0 Å². The van der Waals surface area contributed by atoms with E-state index in [4.69, 9.17) is 21.6 Å². The monoisotopic (exact) mass is 195 g/mol. The Hall–Kier alpha value is -1.20. The minimum absolute atomic E-state index is 0.281. The van der Waals surface area contributed by atoms with E-state index in [-0.39, 0.29) is 6.42 Å². The highest BCUT2D eigenvalue weighted by Crippen LogP contribution is 2.29. The summed E-state index contributed by atoms with van der Waals surface area (Å²) in [4.78, 5) is 0. The molecule has 0 N–H and O–H groups in total. The van der Waals surface area contributed by atoms with Crippen molar-refractivity contribution in [2.24, 2.45) is 0 Å². The van der Waals surface area contributed by atoms with Crippen LogP contribution < -0.4 is 4.74 Å². The molecule has 0 radical (unpaired) electrons. The standard InChI is InChI=1S/C10H10ClNO/c1-7-3-4-9(13-2)8(5-6-12)10(7)11/h3-4H,5H2,1-2H3. The van der Waals surface area contributed by atoms with E-state index < -0.39 is 0 Å². The number of halogens is 1. The molecule has 13 heavy (non-hydrogen) atoms. The fraction of sp³-hybridized carbons (Fsp3) is 0.300. The molecule has 68 valence electrons. The third-order valence-electron chi connectivity index (χ3n) is 1.87. The summed E-state index contributed by atoms with van der Waals surface area (Å²) in [7, 11) is 1.57. The maximum Gasteiger partial charge on any atom is 0.124 e. The second-order valence-corrected chi connectivity index (χ2v) is 3.09. The lowest BCUT2D eigenvalue weighted by Crippen LogP contribution is -1.93. The summed E-state index contributed by atoms with van der Waals surface area (Å²) in [6, 6.07) is 5.77. The molecular weight excluding hydrogens is 186 g/mol. The molecule has 0 aromatic heterocycles. The molecule has 0 aliphatic carbocycles. The first-order valence-corrected chi connectivity index (χ1v) is 4.27. The van der Waals surface area contributed by atoms with Crippen molar-refractivity contribution in [2.75, 3.05) is 7.11 Å². The Morgan fingerprint density at radius 2 is 2.23 bits per heavy atom. The normalized spacial score (nSPS) is 9.38. The van der Waals surface area contributed by atoms with Crippen LogP contribution in [0.1, 0.15) is 11.1 Å². The maximum absolute atomic E-state index is 8.59. The van der Waals surface area contributed by atoms with Gasteiger partial charge in [0.2, 0.25) is 0 Å². The molecule has 2 nitrogen and oxygen atoms in total. The number of hydrogen-bond donors (Lipinski definition) is 0. The Morgan fingerprint density at radius 1 is 1.54 bits per heavy atom. The van der Waals surface area contributed by atoms with E-state index in [1.54, 1.807) is 7.11 Å². The summed E-state index contributed by atoms with van der Waals surface area (Å²) < 4.78 is 5.10. The first kappa shape index (κ1) is 9.88. The Labute approximate surface area is 82.7 Å². The number of aryl methyl sites for hydroxylation is 1. The average molecular weight is 196 g/mol. The van der Waals surface area contributed by atoms with Crippen LogP contribution in [0.15, 0.2) is 12.1 Å². The van der Waals surface area contributed by atoms with Gasteiger partial charge < -0.3 is 4.74 Å². The van der Waals surface area contributed by atoms with Gasteiger partial charge in [-0.3, -0.25) is 0 Å². The van der Waals surface area contributed by atoms with Gasteiger partial charge in [-0.05, 0) is 18.6 Å². The molecule has 0 aliphatic heterocycles. The van der Waals surface area contributed by atoms with Crippen molar-refractivity contribution < 1.29 is 4.74 Å². The Balaban J connectivity index is 3.25. The van der Waals surface area contributed by atoms with Gasteiger partial charge >= 0.3 is 0 Å². The van der Waals surface area contributed by atoms with Crippen molar-refractivity contribution in [1.82, 2.24) is 0 Å². The predicted molar refractivity (Wildman–Crippen MR) is 52.1 cm³/mol. The lowest BCUT2D eigenvalue weighted by molar-refractivity contribution is 0.411. The summed E-state index contributed by atoms with van der Waals surface area (Å²) >= 11 is 6.02. The number of ether oxygens (including phenoxy) is 1. The lowest BCUT2D eigenvalue weighted by Gasteiger charge is -2.09. The molecule has 0 spiro atoms. The van der Waals surface area contributed by atoms with Crippen LogP contribution in [0.25, 0.3) is 0 Å². The van der Waals surface area contributed by atoms with Gasteiger partial charge in [0, 0.05) is 5.56 Å². The van der Waals surface area contributed by atoms with Crippen LogP contribution in [-0.2, 0) is 6.42 Å². The van der Waals surface area contributed by atoms with Gasteiger partial charge in [0.25, 0.3) is 0 Å². The fourth-order valence-electron chi connectivity index (χ4n) is 1.16. The molecule has 0 bridgehead atoms. The first-order valence-electron chi connectivity index (χ1n) is 3.89. The SMILES string of the molecule is COc1ccc(C)c(Cl)c1CC#N. The third kappa shape index (κ3) is 1.93. The van der Waals surface area contributed by atoms with E-state index in [9.17, 15) is 0 Å². The zero-order chi connectivity index (χ0) is 9.84. The molecule has 3 heteroatoms. The zero-order valence-corrected chi connectivity index (χ0v) is 8.35. The summed E-state index contributed by atoms with van der Waals surface area (Å²) in [5.74, 6) is 0.678. The summed E-state index contributed by atoms with van der Waals surface area (Å²) in [5, 5.41) is 9.22. The van der Waals surface area contributed by atoms with Gasteiger partial charge in [-0.1, -0.05) is 17.7 Å². The van der Waals surface area contributed by atoms with E-state index in [2.05, 4.69) is 6.07 Å². The van der Waals surface area contributed by atoms with Crippen molar-refractivity contribution in [3.05, 3.63) is 28.3 Å². The molecule has 0 atom stereocenters. The maximum atomic E-state index is 8.59.